The Kier molecular flexibility index (Phi) is 9.64. The molecule has 0 spiro atoms. The maximum absolute atomic E-state index is 15.0. The van der Waals surface area contributed by atoms with E-state index in [0.717, 1.165) is 4.88 Å². The quantitative estimate of drug-likeness (QED) is 0.0824. The third kappa shape index (κ3) is 6.79. The number of thiophene rings is 1. The van der Waals surface area contributed by atoms with Crippen molar-refractivity contribution in [1.82, 2.24) is 20.9 Å². The van der Waals surface area contributed by atoms with Crippen LogP contribution < -0.4 is 21.7 Å². The van der Waals surface area contributed by atoms with Crippen LogP contribution in [0.4, 0.5) is 13.6 Å². The van der Waals surface area contributed by atoms with E-state index < -0.39 is 47.9 Å². The van der Waals surface area contributed by atoms with Crippen molar-refractivity contribution in [2.75, 3.05) is 26.3 Å². The zero-order valence-electron chi connectivity index (χ0n) is 27.3. The molecule has 12 nitrogen and oxygen atoms in total. The second-order valence-electron chi connectivity index (χ2n) is 13.0. The SMILES string of the molecule is C[C@@H](NC(=O)[C@@H]1C[C@]2(COCCCCNC(=O)O)C[C@@H]2N1C(=O)CNC(=O)c1ccc2c(c1)-c1ccccc1C2(F)F)c1cc(C(=N)N)cs1. The van der Waals surface area contributed by atoms with Crippen LogP contribution in [0.25, 0.3) is 11.1 Å². The number of hydrogen-bond acceptors (Lipinski definition) is 7. The first-order valence-electron chi connectivity index (χ1n) is 16.3. The standard InChI is InChI=1S/C35H38F2N6O6S/c1-19(27-13-21(17-50-27)30(38)39)42-32(46)26-14-34(18-49-11-5-4-10-40-33(47)48)15-28(34)43(26)29(44)16-41-31(45)20-8-9-25-23(12-20)22-6-2-3-7-24(22)35(25,36)37/h2-3,6-9,12-13,17,19,26,28,40H,4-5,10-11,14-16,18H2,1H3,(H3,38,39)(H,41,45)(H,42,46)(H,47,48)/t19-,26+,28+,34-/m1/s1. The maximum Gasteiger partial charge on any atom is 0.404 e. The Morgan fingerprint density at radius 2 is 1.82 bits per heavy atom. The van der Waals surface area contributed by atoms with Crippen molar-refractivity contribution in [3.63, 3.8) is 0 Å². The van der Waals surface area contributed by atoms with Gasteiger partial charge in [-0.05, 0) is 61.9 Å². The molecule has 3 aliphatic rings. The van der Waals surface area contributed by atoms with Crippen LogP contribution in [0, 0.1) is 10.8 Å². The number of hydrogen-bond donors (Lipinski definition) is 6. The highest BCUT2D eigenvalue weighted by Gasteiger charge is 2.67. The highest BCUT2D eigenvalue weighted by atomic mass is 32.1. The van der Waals surface area contributed by atoms with Gasteiger partial charge in [-0.2, -0.15) is 8.78 Å². The second-order valence-corrected chi connectivity index (χ2v) is 14.0. The van der Waals surface area contributed by atoms with E-state index in [1.165, 1.54) is 40.5 Å². The fraction of sp³-hybridized carbons (Fsp3) is 0.400. The topological polar surface area (TPSA) is 187 Å². The Labute approximate surface area is 290 Å². The number of rotatable bonds is 14. The van der Waals surface area contributed by atoms with Gasteiger partial charge in [-0.25, -0.2) is 4.79 Å². The summed E-state index contributed by atoms with van der Waals surface area (Å²) in [7, 11) is 0. The number of nitrogen functional groups attached to an aromatic ring is 1. The summed E-state index contributed by atoms with van der Waals surface area (Å²) < 4.78 is 36.0. The highest BCUT2D eigenvalue weighted by molar-refractivity contribution is 7.10. The van der Waals surface area contributed by atoms with E-state index in [2.05, 4.69) is 16.0 Å². The molecule has 7 N–H and O–H groups in total. The maximum atomic E-state index is 15.0. The Hall–Kier alpha value is -4.89. The van der Waals surface area contributed by atoms with Crippen LogP contribution in [0.15, 0.2) is 53.9 Å². The van der Waals surface area contributed by atoms with Crippen molar-refractivity contribution in [2.45, 2.75) is 56.7 Å². The number of unbranched alkanes of at least 4 members (excludes halogenated alkanes) is 1. The van der Waals surface area contributed by atoms with E-state index in [-0.39, 0.29) is 40.0 Å². The van der Waals surface area contributed by atoms with Gasteiger partial charge in [-0.3, -0.25) is 19.8 Å². The predicted octanol–water partition coefficient (Wildman–Crippen LogP) is 4.18. The molecule has 50 heavy (non-hydrogen) atoms. The number of amidine groups is 1. The zero-order chi connectivity index (χ0) is 35.8. The third-order valence-corrected chi connectivity index (χ3v) is 10.8. The number of likely N-dealkylation sites (tertiary alicyclic amines) is 1. The first-order chi connectivity index (χ1) is 23.8. The minimum absolute atomic E-state index is 0.0801. The molecule has 2 fully saturated rings. The van der Waals surface area contributed by atoms with Gasteiger partial charge in [0.05, 0.1) is 19.2 Å². The number of benzene rings is 2. The van der Waals surface area contributed by atoms with Crippen molar-refractivity contribution >= 4 is 41.0 Å². The number of amides is 4. The molecule has 0 radical (unpaired) electrons. The molecular weight excluding hydrogens is 670 g/mol. The summed E-state index contributed by atoms with van der Waals surface area (Å²) in [5.41, 5.74) is 6.15. The van der Waals surface area contributed by atoms with Crippen molar-refractivity contribution in [3.8, 4) is 11.1 Å². The van der Waals surface area contributed by atoms with Gasteiger partial charge in [0, 0.05) is 57.1 Å². The number of piperidine rings is 1. The Morgan fingerprint density at radius 1 is 1.06 bits per heavy atom. The molecule has 264 valence electrons. The number of carboxylic acid groups (broad SMARTS) is 1. The van der Waals surface area contributed by atoms with Crippen LogP contribution in [-0.4, -0.2) is 78.0 Å². The molecule has 1 saturated heterocycles. The predicted molar refractivity (Wildman–Crippen MR) is 181 cm³/mol. The molecule has 0 unspecified atom stereocenters. The normalized spacial score (nSPS) is 21.4. The lowest BCUT2D eigenvalue weighted by atomic mass is 10.00. The van der Waals surface area contributed by atoms with Gasteiger partial charge in [0.25, 0.3) is 11.8 Å². The van der Waals surface area contributed by atoms with Crippen LogP contribution in [0.5, 0.6) is 0 Å². The van der Waals surface area contributed by atoms with Gasteiger partial charge >= 0.3 is 6.09 Å². The molecule has 2 aliphatic carbocycles. The van der Waals surface area contributed by atoms with Crippen LogP contribution >= 0.6 is 11.3 Å². The van der Waals surface area contributed by atoms with Gasteiger partial charge in [0.15, 0.2) is 0 Å². The Bertz CT molecular complexity index is 1850. The van der Waals surface area contributed by atoms with Crippen LogP contribution in [0.1, 0.15) is 70.6 Å². The molecular formula is C35H38F2N6O6S. The monoisotopic (exact) mass is 708 g/mol. The minimum atomic E-state index is -3.18. The van der Waals surface area contributed by atoms with Crippen LogP contribution in [0.3, 0.4) is 0 Å². The molecule has 1 saturated carbocycles. The summed E-state index contributed by atoms with van der Waals surface area (Å²) in [6, 6.07) is 10.3. The summed E-state index contributed by atoms with van der Waals surface area (Å²) in [5.74, 6) is -4.69. The largest absolute Gasteiger partial charge is 0.465 e. The number of nitrogens with two attached hydrogens (primary N) is 1. The molecule has 1 aromatic heterocycles. The molecule has 4 atom stereocenters. The fourth-order valence-corrected chi connectivity index (χ4v) is 7.91. The molecule has 15 heteroatoms. The van der Waals surface area contributed by atoms with Crippen molar-refractivity contribution in [2.24, 2.45) is 11.1 Å². The van der Waals surface area contributed by atoms with Crippen molar-refractivity contribution < 1.29 is 37.8 Å². The van der Waals surface area contributed by atoms with Gasteiger partial charge in [-0.15, -0.1) is 11.3 Å². The molecule has 4 amide bonds. The van der Waals surface area contributed by atoms with Gasteiger partial charge in [-0.1, -0.05) is 30.3 Å². The average molecular weight is 709 g/mol. The smallest absolute Gasteiger partial charge is 0.404 e. The van der Waals surface area contributed by atoms with Gasteiger partial charge in [0.1, 0.15) is 11.9 Å². The van der Waals surface area contributed by atoms with Gasteiger partial charge < -0.3 is 36.4 Å². The number of halogens is 2. The first kappa shape index (κ1) is 35.0. The average Bonchev–Trinajstić information content (AvgIpc) is 3.37. The number of alkyl halides is 2. The van der Waals surface area contributed by atoms with E-state index in [1.807, 2.05) is 0 Å². The summed E-state index contributed by atoms with van der Waals surface area (Å²) in [6.07, 6.45) is 1.13. The number of nitrogens with one attached hydrogen (secondary N) is 4. The number of fused-ring (bicyclic) bond motifs is 4. The fourth-order valence-electron chi connectivity index (χ4n) is 6.99. The number of carbonyl (C=O) groups is 4. The van der Waals surface area contributed by atoms with Crippen LogP contribution in [-0.2, 0) is 20.2 Å². The van der Waals surface area contributed by atoms with Crippen LogP contribution in [0.2, 0.25) is 0 Å². The third-order valence-electron chi connectivity index (χ3n) is 9.68. The van der Waals surface area contributed by atoms with Gasteiger partial charge in [0.2, 0.25) is 11.8 Å². The Balaban J connectivity index is 1.12. The molecule has 2 aromatic carbocycles. The molecule has 2 heterocycles. The zero-order valence-corrected chi connectivity index (χ0v) is 28.1. The molecule has 6 rings (SSSR count). The van der Waals surface area contributed by atoms with Crippen molar-refractivity contribution in [3.05, 3.63) is 81.0 Å². The lowest BCUT2D eigenvalue weighted by molar-refractivity contribution is -0.139. The van der Waals surface area contributed by atoms with E-state index in [9.17, 15) is 19.2 Å². The number of carbonyl (C=O) groups excluding carboxylic acids is 3. The number of ether oxygens (including phenoxy) is 1. The van der Waals surface area contributed by atoms with E-state index in [4.69, 9.17) is 21.0 Å². The summed E-state index contributed by atoms with van der Waals surface area (Å²) in [5, 5.41) is 26.0. The summed E-state index contributed by atoms with van der Waals surface area (Å²) >= 11 is 1.36. The molecule has 0 bridgehead atoms. The minimum Gasteiger partial charge on any atom is -0.465 e. The number of nitrogens with zero attached hydrogens (tertiary/aromatic N) is 1. The molecule has 1 aliphatic heterocycles. The van der Waals surface area contributed by atoms with Crippen molar-refractivity contribution in [1.29, 1.82) is 5.41 Å². The highest BCUT2D eigenvalue weighted by Crippen LogP contribution is 2.60. The lowest BCUT2D eigenvalue weighted by Gasteiger charge is -2.28. The molecule has 3 aromatic rings. The lowest BCUT2D eigenvalue weighted by Crippen LogP contribution is -2.51. The van der Waals surface area contributed by atoms with E-state index >= 15 is 8.78 Å². The Morgan fingerprint density at radius 3 is 2.56 bits per heavy atom. The second kappa shape index (κ2) is 13.8. The van der Waals surface area contributed by atoms with E-state index in [0.29, 0.717) is 56.6 Å². The van der Waals surface area contributed by atoms with E-state index in [1.54, 1.807) is 36.6 Å². The first-order valence-corrected chi connectivity index (χ1v) is 17.2. The summed E-state index contributed by atoms with van der Waals surface area (Å²) in [4.78, 5) is 53.6. The summed E-state index contributed by atoms with van der Waals surface area (Å²) in [6.45, 7) is 2.41.